The zero-order valence-corrected chi connectivity index (χ0v) is 15.6. The lowest BCUT2D eigenvalue weighted by molar-refractivity contribution is 0.0697. The molecule has 0 spiro atoms. The fraction of sp³-hybridized carbons (Fsp3) is 0.364. The molecule has 0 atom stereocenters. The van der Waals surface area contributed by atoms with Crippen molar-refractivity contribution in [1.82, 2.24) is 4.98 Å². The van der Waals surface area contributed by atoms with Gasteiger partial charge in [0.15, 0.2) is 0 Å². The number of carbonyl (C=O) groups is 1. The molecule has 2 aliphatic rings. The lowest BCUT2D eigenvalue weighted by Gasteiger charge is -2.24. The summed E-state index contributed by atoms with van der Waals surface area (Å²) < 4.78 is 0. The summed E-state index contributed by atoms with van der Waals surface area (Å²) in [5, 5.41) is 12.9. The van der Waals surface area contributed by atoms with Crippen molar-refractivity contribution in [2.75, 3.05) is 16.8 Å². The van der Waals surface area contributed by atoms with Gasteiger partial charge in [-0.05, 0) is 80.0 Å². The molecule has 2 aromatic rings. The topological polar surface area (TPSA) is 65.5 Å². The summed E-state index contributed by atoms with van der Waals surface area (Å²) in [7, 11) is 0. The largest absolute Gasteiger partial charge is 0.478 e. The number of rotatable bonds is 8. The number of pyridine rings is 1. The van der Waals surface area contributed by atoms with Crippen LogP contribution in [0.1, 0.15) is 53.1 Å². The minimum atomic E-state index is -0.956. The number of hydrogen-bond acceptors (Lipinski definition) is 4. The molecule has 0 bridgehead atoms. The van der Waals surface area contributed by atoms with Crippen molar-refractivity contribution in [2.24, 2.45) is 5.92 Å². The minimum Gasteiger partial charge on any atom is -0.478 e. The molecule has 27 heavy (non-hydrogen) atoms. The van der Waals surface area contributed by atoms with Gasteiger partial charge in [0.25, 0.3) is 0 Å². The number of benzene rings is 1. The Morgan fingerprint density at radius 2 is 2.15 bits per heavy atom. The molecule has 140 valence electrons. The Hall–Kier alpha value is -2.82. The molecule has 5 heteroatoms. The first-order chi connectivity index (χ1) is 13.1. The van der Waals surface area contributed by atoms with Gasteiger partial charge in [0.2, 0.25) is 0 Å². The predicted molar refractivity (Wildman–Crippen MR) is 108 cm³/mol. The number of anilines is 3. The highest BCUT2D eigenvalue weighted by atomic mass is 16.4. The summed E-state index contributed by atoms with van der Waals surface area (Å²) in [6, 6.07) is 7.77. The molecule has 2 fully saturated rings. The van der Waals surface area contributed by atoms with Crippen LogP contribution in [0, 0.1) is 12.8 Å². The van der Waals surface area contributed by atoms with Crippen LogP contribution in [0.4, 0.5) is 17.2 Å². The van der Waals surface area contributed by atoms with Crippen molar-refractivity contribution in [3.05, 3.63) is 59.9 Å². The van der Waals surface area contributed by atoms with Gasteiger partial charge in [-0.25, -0.2) is 9.78 Å². The number of nitrogens with one attached hydrogen (secondary N) is 1. The number of hydrogen-bond donors (Lipinski definition) is 2. The van der Waals surface area contributed by atoms with Gasteiger partial charge in [-0.15, -0.1) is 0 Å². The van der Waals surface area contributed by atoms with Crippen LogP contribution in [-0.4, -0.2) is 22.6 Å². The maximum atomic E-state index is 11.7. The van der Waals surface area contributed by atoms with E-state index in [1.165, 1.54) is 12.8 Å². The molecule has 1 heterocycles. The third-order valence-corrected chi connectivity index (χ3v) is 5.43. The zero-order valence-electron chi connectivity index (χ0n) is 15.6. The molecule has 2 saturated carbocycles. The Bertz CT molecular complexity index is 885. The van der Waals surface area contributed by atoms with Crippen LogP contribution in [0.5, 0.6) is 0 Å². The van der Waals surface area contributed by atoms with Crippen LogP contribution >= 0.6 is 0 Å². The average molecular weight is 363 g/mol. The molecule has 0 saturated heterocycles. The first kappa shape index (κ1) is 17.6. The fourth-order valence-corrected chi connectivity index (χ4v) is 3.43. The van der Waals surface area contributed by atoms with E-state index in [4.69, 9.17) is 0 Å². The summed E-state index contributed by atoms with van der Waals surface area (Å²) in [5.41, 5.74) is 4.26. The van der Waals surface area contributed by atoms with E-state index in [1.807, 2.05) is 25.3 Å². The quantitative estimate of drug-likeness (QED) is 0.685. The standard InChI is InChI=1S/C22H25N3O2/c1-3-25(13-15-7-8-15)20-6-4-5-19(14(20)2)24-21-18(22(26)27)11-17(12-23-21)16-9-10-16/h3-6,11-12,15-16H,1,7-10,13H2,2H3,(H,23,24)(H,26,27). The molecule has 0 amide bonds. The third kappa shape index (κ3) is 3.82. The molecule has 2 N–H and O–H groups in total. The Morgan fingerprint density at radius 3 is 2.78 bits per heavy atom. The van der Waals surface area contributed by atoms with E-state index >= 15 is 0 Å². The minimum absolute atomic E-state index is 0.225. The zero-order chi connectivity index (χ0) is 19.0. The molecule has 0 radical (unpaired) electrons. The second kappa shape index (κ2) is 7.06. The van der Waals surface area contributed by atoms with E-state index in [9.17, 15) is 9.90 Å². The van der Waals surface area contributed by atoms with Crippen molar-refractivity contribution in [3.8, 4) is 0 Å². The van der Waals surface area contributed by atoms with E-state index in [1.54, 1.807) is 12.3 Å². The summed E-state index contributed by atoms with van der Waals surface area (Å²) in [6.07, 6.45) is 8.46. The van der Waals surface area contributed by atoms with Crippen LogP contribution in [-0.2, 0) is 0 Å². The van der Waals surface area contributed by atoms with Crippen LogP contribution in [0.3, 0.4) is 0 Å². The lowest BCUT2D eigenvalue weighted by atomic mass is 10.1. The van der Waals surface area contributed by atoms with E-state index in [-0.39, 0.29) is 5.56 Å². The SMILES string of the molecule is C=CN(CC1CC1)c1cccc(Nc2ncc(C3CC3)cc2C(=O)O)c1C. The van der Waals surface area contributed by atoms with E-state index in [2.05, 4.69) is 27.8 Å². The normalized spacial score (nSPS) is 16.0. The molecule has 5 nitrogen and oxygen atoms in total. The second-order valence-electron chi connectivity index (χ2n) is 7.60. The first-order valence-corrected chi connectivity index (χ1v) is 9.56. The number of nitrogens with zero attached hydrogens (tertiary/aromatic N) is 2. The van der Waals surface area contributed by atoms with E-state index in [0.29, 0.717) is 11.7 Å². The summed E-state index contributed by atoms with van der Waals surface area (Å²) in [6.45, 7) is 6.97. The van der Waals surface area contributed by atoms with Crippen LogP contribution in [0.2, 0.25) is 0 Å². The van der Waals surface area contributed by atoms with E-state index < -0.39 is 5.97 Å². The van der Waals surface area contributed by atoms with Gasteiger partial charge in [-0.3, -0.25) is 0 Å². The van der Waals surface area contributed by atoms with Crippen molar-refractivity contribution in [1.29, 1.82) is 0 Å². The smallest absolute Gasteiger partial charge is 0.339 e. The maximum absolute atomic E-state index is 11.7. The molecule has 1 aromatic heterocycles. The number of carboxylic acid groups (broad SMARTS) is 1. The molecule has 0 aliphatic heterocycles. The number of aromatic carboxylic acids is 1. The van der Waals surface area contributed by atoms with Crippen LogP contribution in [0.15, 0.2) is 43.2 Å². The van der Waals surface area contributed by atoms with Gasteiger partial charge in [-0.2, -0.15) is 0 Å². The van der Waals surface area contributed by atoms with Gasteiger partial charge < -0.3 is 15.3 Å². The summed E-state index contributed by atoms with van der Waals surface area (Å²) in [5.74, 6) is 0.648. The highest BCUT2D eigenvalue weighted by Crippen LogP contribution is 2.41. The molecular weight excluding hydrogens is 338 g/mol. The Morgan fingerprint density at radius 1 is 1.37 bits per heavy atom. The fourth-order valence-electron chi connectivity index (χ4n) is 3.43. The Kier molecular flexibility index (Phi) is 4.60. The van der Waals surface area contributed by atoms with Crippen LogP contribution in [0.25, 0.3) is 0 Å². The lowest BCUT2D eigenvalue weighted by Crippen LogP contribution is -2.19. The van der Waals surface area contributed by atoms with Crippen LogP contribution < -0.4 is 10.2 Å². The molecule has 1 aromatic carbocycles. The summed E-state index contributed by atoms with van der Waals surface area (Å²) in [4.78, 5) is 18.3. The van der Waals surface area contributed by atoms with Crippen molar-refractivity contribution in [3.63, 3.8) is 0 Å². The van der Waals surface area contributed by atoms with Crippen molar-refractivity contribution >= 4 is 23.2 Å². The van der Waals surface area contributed by atoms with E-state index in [0.717, 1.165) is 47.8 Å². The van der Waals surface area contributed by atoms with Gasteiger partial charge in [0.05, 0.1) is 0 Å². The first-order valence-electron chi connectivity index (χ1n) is 9.56. The van der Waals surface area contributed by atoms with Gasteiger partial charge in [-0.1, -0.05) is 12.6 Å². The highest BCUT2D eigenvalue weighted by molar-refractivity contribution is 5.94. The average Bonchev–Trinajstić information content (AvgIpc) is 3.55. The molecule has 4 rings (SSSR count). The number of aromatic nitrogens is 1. The van der Waals surface area contributed by atoms with Gasteiger partial charge >= 0.3 is 5.97 Å². The van der Waals surface area contributed by atoms with Gasteiger partial charge in [0, 0.05) is 24.1 Å². The predicted octanol–water partition coefficient (Wildman–Crippen LogP) is 5.07. The Labute approximate surface area is 159 Å². The van der Waals surface area contributed by atoms with Gasteiger partial charge in [0.1, 0.15) is 11.4 Å². The number of carboxylic acids is 1. The maximum Gasteiger partial charge on any atom is 0.339 e. The van der Waals surface area contributed by atoms with Crippen molar-refractivity contribution in [2.45, 2.75) is 38.5 Å². The third-order valence-electron chi connectivity index (χ3n) is 5.43. The monoisotopic (exact) mass is 363 g/mol. The highest BCUT2D eigenvalue weighted by Gasteiger charge is 2.26. The Balaban J connectivity index is 1.63. The van der Waals surface area contributed by atoms with Crippen molar-refractivity contribution < 1.29 is 9.90 Å². The second-order valence-corrected chi connectivity index (χ2v) is 7.60. The molecule has 0 unspecified atom stereocenters. The molecule has 2 aliphatic carbocycles. The summed E-state index contributed by atoms with van der Waals surface area (Å²) >= 11 is 0. The molecular formula is C22H25N3O2.